The number of aromatic amines is 1. The van der Waals surface area contributed by atoms with Crippen LogP contribution >= 0.6 is 0 Å². The summed E-state index contributed by atoms with van der Waals surface area (Å²) in [5.74, 6) is -0.770. The van der Waals surface area contributed by atoms with Crippen molar-refractivity contribution in [3.05, 3.63) is 65.9 Å². The van der Waals surface area contributed by atoms with Gasteiger partial charge in [-0.15, -0.1) is 0 Å². The maximum absolute atomic E-state index is 12.5. The smallest absolute Gasteiger partial charge is 0.279 e. The number of benzene rings is 2. The lowest BCUT2D eigenvalue weighted by Crippen LogP contribution is -2.69. The SMILES string of the molecule is NC(=O)[C@H](Cc1c[nH]c2ccccc12)NC(=O)[C@@H]([NH3+])Cc1ccc(O)cc1. The molecule has 0 radical (unpaired) electrons. The molecule has 27 heavy (non-hydrogen) atoms. The van der Waals surface area contributed by atoms with E-state index in [2.05, 4.69) is 16.0 Å². The highest BCUT2D eigenvalue weighted by Gasteiger charge is 2.25. The molecule has 0 saturated carbocycles. The molecule has 7 nitrogen and oxygen atoms in total. The number of H-pyrrole nitrogens is 1. The first-order valence-corrected chi connectivity index (χ1v) is 8.69. The van der Waals surface area contributed by atoms with Gasteiger partial charge in [-0.05, 0) is 29.3 Å². The molecular weight excluding hydrogens is 344 g/mol. The van der Waals surface area contributed by atoms with Gasteiger partial charge in [0.2, 0.25) is 5.91 Å². The summed E-state index contributed by atoms with van der Waals surface area (Å²) in [6.07, 6.45) is 2.52. The number of nitrogens with two attached hydrogens (primary N) is 1. The van der Waals surface area contributed by atoms with Crippen molar-refractivity contribution in [2.24, 2.45) is 5.73 Å². The number of fused-ring (bicyclic) bond motifs is 1. The maximum atomic E-state index is 12.5. The van der Waals surface area contributed by atoms with Crippen LogP contribution in [0.2, 0.25) is 0 Å². The van der Waals surface area contributed by atoms with Crippen LogP contribution in [-0.4, -0.2) is 34.0 Å². The third-order valence-corrected chi connectivity index (χ3v) is 4.55. The summed E-state index contributed by atoms with van der Waals surface area (Å²) in [7, 11) is 0. The number of phenols is 1. The molecule has 0 bridgehead atoms. The zero-order valence-corrected chi connectivity index (χ0v) is 14.8. The number of primary amides is 1. The van der Waals surface area contributed by atoms with E-state index in [4.69, 9.17) is 5.73 Å². The lowest BCUT2D eigenvalue weighted by molar-refractivity contribution is -0.403. The molecule has 1 aromatic heterocycles. The highest BCUT2D eigenvalue weighted by atomic mass is 16.3. The fraction of sp³-hybridized carbons (Fsp3) is 0.200. The number of nitrogens with one attached hydrogen (secondary N) is 2. The van der Waals surface area contributed by atoms with E-state index >= 15 is 0 Å². The van der Waals surface area contributed by atoms with Crippen LogP contribution in [0.5, 0.6) is 5.75 Å². The molecule has 7 heteroatoms. The van der Waals surface area contributed by atoms with Gasteiger partial charge in [-0.2, -0.15) is 0 Å². The molecule has 0 fully saturated rings. The van der Waals surface area contributed by atoms with E-state index in [9.17, 15) is 14.7 Å². The maximum Gasteiger partial charge on any atom is 0.279 e. The van der Waals surface area contributed by atoms with Gasteiger partial charge < -0.3 is 26.9 Å². The van der Waals surface area contributed by atoms with Crippen LogP contribution in [0.15, 0.2) is 54.7 Å². The van der Waals surface area contributed by atoms with E-state index in [-0.39, 0.29) is 11.7 Å². The van der Waals surface area contributed by atoms with E-state index in [1.165, 1.54) is 0 Å². The highest BCUT2D eigenvalue weighted by Crippen LogP contribution is 2.19. The topological polar surface area (TPSA) is 136 Å². The first-order chi connectivity index (χ1) is 12.9. The number of carbonyl (C=O) groups is 2. The second-order valence-corrected chi connectivity index (χ2v) is 6.59. The number of hydrogen-bond donors (Lipinski definition) is 5. The van der Waals surface area contributed by atoms with Crippen molar-refractivity contribution in [1.29, 1.82) is 0 Å². The van der Waals surface area contributed by atoms with Crippen LogP contribution < -0.4 is 16.8 Å². The molecule has 2 amide bonds. The van der Waals surface area contributed by atoms with Crippen molar-refractivity contribution in [2.45, 2.75) is 24.9 Å². The molecule has 140 valence electrons. The quantitative estimate of drug-likeness (QED) is 0.409. The van der Waals surface area contributed by atoms with Gasteiger partial charge in [0.25, 0.3) is 5.91 Å². The van der Waals surface area contributed by atoms with Crippen LogP contribution in [0.3, 0.4) is 0 Å². The number of aromatic nitrogens is 1. The van der Waals surface area contributed by atoms with Gasteiger partial charge in [-0.3, -0.25) is 9.59 Å². The zero-order chi connectivity index (χ0) is 19.4. The number of aromatic hydroxyl groups is 1. The van der Waals surface area contributed by atoms with Crippen molar-refractivity contribution in [1.82, 2.24) is 10.3 Å². The Balaban J connectivity index is 1.67. The number of para-hydroxylation sites is 1. The monoisotopic (exact) mass is 367 g/mol. The van der Waals surface area contributed by atoms with Gasteiger partial charge in [0, 0.05) is 29.9 Å². The highest BCUT2D eigenvalue weighted by molar-refractivity contribution is 5.90. The van der Waals surface area contributed by atoms with Crippen LogP contribution in [0.25, 0.3) is 10.9 Å². The van der Waals surface area contributed by atoms with E-state index in [0.29, 0.717) is 12.8 Å². The summed E-state index contributed by atoms with van der Waals surface area (Å²) < 4.78 is 0. The lowest BCUT2D eigenvalue weighted by atomic mass is 10.0. The number of hydrogen-bond acceptors (Lipinski definition) is 3. The van der Waals surface area contributed by atoms with Gasteiger partial charge in [-0.25, -0.2) is 0 Å². The Kier molecular flexibility index (Phi) is 5.42. The predicted molar refractivity (Wildman–Crippen MR) is 102 cm³/mol. The van der Waals surface area contributed by atoms with Gasteiger partial charge in [0.15, 0.2) is 6.04 Å². The molecule has 0 unspecified atom stereocenters. The summed E-state index contributed by atoms with van der Waals surface area (Å²) in [4.78, 5) is 27.5. The van der Waals surface area contributed by atoms with Crippen molar-refractivity contribution < 1.29 is 20.4 Å². The molecular formula is C20H23N4O3+. The van der Waals surface area contributed by atoms with E-state index < -0.39 is 18.0 Å². The summed E-state index contributed by atoms with van der Waals surface area (Å²) in [6, 6.07) is 12.9. The predicted octanol–water partition coefficient (Wildman–Crippen LogP) is 0.239. The second kappa shape index (κ2) is 7.92. The zero-order valence-electron chi connectivity index (χ0n) is 14.8. The number of carbonyl (C=O) groups excluding carboxylic acids is 2. The standard InChI is InChI=1S/C20H22N4O3/c21-16(9-12-5-7-14(25)8-6-12)20(27)24-18(19(22)26)10-13-11-23-17-4-2-1-3-15(13)17/h1-8,11,16,18,23,25H,9-10,21H2,(H2,22,26)(H,24,27)/p+1/t16-,18-/m0/s1. The van der Waals surface area contributed by atoms with Crippen molar-refractivity contribution in [3.63, 3.8) is 0 Å². The average Bonchev–Trinajstić information content (AvgIpc) is 3.06. The first kappa shape index (κ1) is 18.5. The van der Waals surface area contributed by atoms with E-state index in [0.717, 1.165) is 22.0 Å². The number of phenolic OH excluding ortho intramolecular Hbond substituents is 1. The lowest BCUT2D eigenvalue weighted by Gasteiger charge is -2.17. The molecule has 1 heterocycles. The molecule has 0 aliphatic carbocycles. The van der Waals surface area contributed by atoms with Crippen LogP contribution in [0.1, 0.15) is 11.1 Å². The van der Waals surface area contributed by atoms with Crippen molar-refractivity contribution in [3.8, 4) is 5.75 Å². The molecule has 3 rings (SSSR count). The fourth-order valence-electron chi connectivity index (χ4n) is 3.04. The summed E-state index contributed by atoms with van der Waals surface area (Å²) in [5, 5.41) is 13.0. The van der Waals surface area contributed by atoms with Crippen molar-refractivity contribution in [2.75, 3.05) is 0 Å². The Morgan fingerprint density at radius 2 is 1.81 bits per heavy atom. The summed E-state index contributed by atoms with van der Waals surface area (Å²) in [5.41, 5.74) is 12.1. The molecule has 0 spiro atoms. The Morgan fingerprint density at radius 3 is 2.52 bits per heavy atom. The van der Waals surface area contributed by atoms with Gasteiger partial charge in [-0.1, -0.05) is 30.3 Å². The molecule has 0 aliphatic rings. The minimum absolute atomic E-state index is 0.163. The molecule has 3 aromatic rings. The number of quaternary nitrogens is 1. The molecule has 0 aliphatic heterocycles. The Hall–Kier alpha value is -3.32. The second-order valence-electron chi connectivity index (χ2n) is 6.59. The van der Waals surface area contributed by atoms with E-state index in [1.54, 1.807) is 24.3 Å². The Labute approximate surface area is 156 Å². The minimum atomic E-state index is -0.819. The average molecular weight is 367 g/mol. The number of amides is 2. The molecule has 0 saturated heterocycles. The Morgan fingerprint density at radius 1 is 1.11 bits per heavy atom. The third kappa shape index (κ3) is 4.45. The van der Waals surface area contributed by atoms with Gasteiger partial charge in [0.1, 0.15) is 11.8 Å². The first-order valence-electron chi connectivity index (χ1n) is 8.69. The van der Waals surface area contributed by atoms with Crippen molar-refractivity contribution >= 4 is 22.7 Å². The fourth-order valence-corrected chi connectivity index (χ4v) is 3.04. The summed E-state index contributed by atoms with van der Waals surface area (Å²) >= 11 is 0. The molecule has 2 atom stereocenters. The third-order valence-electron chi connectivity index (χ3n) is 4.55. The number of rotatable bonds is 7. The van der Waals surface area contributed by atoms with E-state index in [1.807, 2.05) is 30.5 Å². The van der Waals surface area contributed by atoms with Gasteiger partial charge in [0.05, 0.1) is 0 Å². The normalized spacial score (nSPS) is 13.2. The van der Waals surface area contributed by atoms with Crippen LogP contribution in [0.4, 0.5) is 0 Å². The molecule has 2 aromatic carbocycles. The summed E-state index contributed by atoms with van der Waals surface area (Å²) in [6.45, 7) is 0. The largest absolute Gasteiger partial charge is 0.508 e. The van der Waals surface area contributed by atoms with Gasteiger partial charge >= 0.3 is 0 Å². The minimum Gasteiger partial charge on any atom is -0.508 e. The Bertz CT molecular complexity index is 949. The van der Waals surface area contributed by atoms with Crippen LogP contribution in [0, 0.1) is 0 Å². The van der Waals surface area contributed by atoms with Crippen LogP contribution in [-0.2, 0) is 22.4 Å². The molecule has 8 N–H and O–H groups in total.